The Morgan fingerprint density at radius 2 is 2.17 bits per heavy atom. The second-order valence-electron chi connectivity index (χ2n) is 5.19. The van der Waals surface area contributed by atoms with Gasteiger partial charge in [0.1, 0.15) is 11.4 Å². The minimum absolute atomic E-state index is 0.217. The Hall–Kier alpha value is -1.55. The van der Waals surface area contributed by atoms with Gasteiger partial charge in [0.05, 0.1) is 13.7 Å². The second kappa shape index (κ2) is 4.98. The van der Waals surface area contributed by atoms with Gasteiger partial charge in [-0.25, -0.2) is 0 Å². The molecule has 0 saturated carbocycles. The second-order valence-corrected chi connectivity index (χ2v) is 5.19. The SMILES string of the molecule is COC(=O)CN1Cc2ccccc2OC(C)(C)C1. The van der Waals surface area contributed by atoms with Gasteiger partial charge < -0.3 is 9.47 Å². The molecule has 0 N–H and O–H groups in total. The third-order valence-corrected chi connectivity index (χ3v) is 2.94. The molecule has 1 aliphatic rings. The zero-order valence-electron chi connectivity index (χ0n) is 11.1. The Bertz CT molecular complexity index is 442. The number of esters is 1. The van der Waals surface area contributed by atoms with Gasteiger partial charge in [-0.15, -0.1) is 0 Å². The molecule has 1 aromatic rings. The number of hydrogen-bond acceptors (Lipinski definition) is 4. The first kappa shape index (κ1) is 12.9. The highest BCUT2D eigenvalue weighted by Gasteiger charge is 2.29. The third kappa shape index (κ3) is 3.01. The number of para-hydroxylation sites is 1. The molecule has 4 heteroatoms. The van der Waals surface area contributed by atoms with E-state index < -0.39 is 0 Å². The molecular weight excluding hydrogens is 230 g/mol. The fourth-order valence-electron chi connectivity index (χ4n) is 2.26. The monoisotopic (exact) mass is 249 g/mol. The smallest absolute Gasteiger partial charge is 0.319 e. The van der Waals surface area contributed by atoms with E-state index in [2.05, 4.69) is 4.90 Å². The lowest BCUT2D eigenvalue weighted by atomic mass is 10.1. The van der Waals surface area contributed by atoms with Crippen LogP contribution in [-0.4, -0.2) is 36.7 Å². The average molecular weight is 249 g/mol. The van der Waals surface area contributed by atoms with Crippen molar-refractivity contribution < 1.29 is 14.3 Å². The molecule has 2 rings (SSSR count). The molecule has 0 atom stereocenters. The van der Waals surface area contributed by atoms with Crippen LogP contribution in [-0.2, 0) is 16.1 Å². The number of nitrogens with zero attached hydrogens (tertiary/aromatic N) is 1. The van der Waals surface area contributed by atoms with Crippen molar-refractivity contribution in [2.75, 3.05) is 20.2 Å². The van der Waals surface area contributed by atoms with Gasteiger partial charge in [0.15, 0.2) is 0 Å². The van der Waals surface area contributed by atoms with Crippen molar-refractivity contribution in [2.24, 2.45) is 0 Å². The minimum atomic E-state index is -0.319. The number of fused-ring (bicyclic) bond motifs is 1. The highest BCUT2D eigenvalue weighted by atomic mass is 16.5. The van der Waals surface area contributed by atoms with Gasteiger partial charge in [-0.1, -0.05) is 18.2 Å². The van der Waals surface area contributed by atoms with E-state index in [4.69, 9.17) is 9.47 Å². The van der Waals surface area contributed by atoms with E-state index in [0.29, 0.717) is 13.1 Å². The van der Waals surface area contributed by atoms with Crippen LogP contribution >= 0.6 is 0 Å². The molecule has 0 spiro atoms. The predicted molar refractivity (Wildman–Crippen MR) is 68.4 cm³/mol. The lowest BCUT2D eigenvalue weighted by molar-refractivity contribution is -0.142. The molecule has 0 aromatic heterocycles. The Morgan fingerprint density at radius 3 is 2.89 bits per heavy atom. The summed E-state index contributed by atoms with van der Waals surface area (Å²) in [5, 5.41) is 0. The van der Waals surface area contributed by atoms with Gasteiger partial charge in [-0.3, -0.25) is 9.69 Å². The van der Waals surface area contributed by atoms with Crippen LogP contribution in [0.3, 0.4) is 0 Å². The quantitative estimate of drug-likeness (QED) is 0.750. The number of carbonyl (C=O) groups excluding carboxylic acids is 1. The number of benzene rings is 1. The lowest BCUT2D eigenvalue weighted by Gasteiger charge is -2.28. The highest BCUT2D eigenvalue weighted by Crippen LogP contribution is 2.28. The van der Waals surface area contributed by atoms with Gasteiger partial charge in [-0.05, 0) is 19.9 Å². The van der Waals surface area contributed by atoms with Gasteiger partial charge in [0.25, 0.3) is 0 Å². The van der Waals surface area contributed by atoms with Crippen LogP contribution in [0, 0.1) is 0 Å². The van der Waals surface area contributed by atoms with E-state index in [1.165, 1.54) is 7.11 Å². The molecule has 0 amide bonds. The van der Waals surface area contributed by atoms with Crippen LogP contribution in [0.5, 0.6) is 5.75 Å². The summed E-state index contributed by atoms with van der Waals surface area (Å²) in [4.78, 5) is 13.5. The van der Waals surface area contributed by atoms with E-state index in [-0.39, 0.29) is 18.1 Å². The van der Waals surface area contributed by atoms with Crippen LogP contribution in [0.15, 0.2) is 24.3 Å². The average Bonchev–Trinajstić information content (AvgIpc) is 2.42. The number of methoxy groups -OCH3 is 1. The van der Waals surface area contributed by atoms with Crippen molar-refractivity contribution >= 4 is 5.97 Å². The predicted octanol–water partition coefficient (Wildman–Crippen LogP) is 1.83. The van der Waals surface area contributed by atoms with Crippen molar-refractivity contribution in [3.63, 3.8) is 0 Å². The summed E-state index contributed by atoms with van der Waals surface area (Å²) in [5.74, 6) is 0.681. The van der Waals surface area contributed by atoms with E-state index in [1.54, 1.807) is 0 Å². The molecule has 0 aliphatic carbocycles. The highest BCUT2D eigenvalue weighted by molar-refractivity contribution is 5.71. The fourth-order valence-corrected chi connectivity index (χ4v) is 2.26. The Balaban J connectivity index is 2.23. The number of carbonyl (C=O) groups is 1. The van der Waals surface area contributed by atoms with Crippen molar-refractivity contribution in [1.29, 1.82) is 0 Å². The van der Waals surface area contributed by atoms with Crippen LogP contribution in [0.25, 0.3) is 0 Å². The molecule has 0 fully saturated rings. The molecule has 98 valence electrons. The largest absolute Gasteiger partial charge is 0.486 e. The summed E-state index contributed by atoms with van der Waals surface area (Å²) in [6, 6.07) is 7.95. The van der Waals surface area contributed by atoms with Gasteiger partial charge in [0.2, 0.25) is 0 Å². The van der Waals surface area contributed by atoms with Crippen LogP contribution < -0.4 is 4.74 Å². The first-order valence-corrected chi connectivity index (χ1v) is 6.06. The van der Waals surface area contributed by atoms with Crippen molar-refractivity contribution in [3.8, 4) is 5.75 Å². The summed E-state index contributed by atoms with van der Waals surface area (Å²) in [5.41, 5.74) is 0.785. The lowest BCUT2D eigenvalue weighted by Crippen LogP contribution is -2.42. The normalized spacial score (nSPS) is 18.4. The van der Waals surface area contributed by atoms with E-state index in [9.17, 15) is 4.79 Å². The zero-order valence-corrected chi connectivity index (χ0v) is 11.1. The third-order valence-electron chi connectivity index (χ3n) is 2.94. The van der Waals surface area contributed by atoms with Gasteiger partial charge >= 0.3 is 5.97 Å². The molecule has 1 aromatic carbocycles. The molecule has 4 nitrogen and oxygen atoms in total. The first-order valence-electron chi connectivity index (χ1n) is 6.06. The topological polar surface area (TPSA) is 38.8 Å². The van der Waals surface area contributed by atoms with Gasteiger partial charge in [-0.2, -0.15) is 0 Å². The molecule has 18 heavy (non-hydrogen) atoms. The summed E-state index contributed by atoms with van der Waals surface area (Å²) < 4.78 is 10.7. The van der Waals surface area contributed by atoms with E-state index in [0.717, 1.165) is 11.3 Å². The maximum Gasteiger partial charge on any atom is 0.319 e. The van der Waals surface area contributed by atoms with Crippen molar-refractivity contribution in [1.82, 2.24) is 4.90 Å². The van der Waals surface area contributed by atoms with Crippen molar-refractivity contribution in [3.05, 3.63) is 29.8 Å². The molecule has 0 saturated heterocycles. The Morgan fingerprint density at radius 1 is 1.44 bits per heavy atom. The molecule has 0 radical (unpaired) electrons. The van der Waals surface area contributed by atoms with Crippen LogP contribution in [0.4, 0.5) is 0 Å². The zero-order chi connectivity index (χ0) is 13.2. The van der Waals surface area contributed by atoms with Crippen molar-refractivity contribution in [2.45, 2.75) is 26.0 Å². The maximum absolute atomic E-state index is 11.4. The first-order chi connectivity index (χ1) is 8.50. The summed E-state index contributed by atoms with van der Waals surface area (Å²) in [6.07, 6.45) is 0. The minimum Gasteiger partial charge on any atom is -0.486 e. The maximum atomic E-state index is 11.4. The Kier molecular flexibility index (Phi) is 3.57. The van der Waals surface area contributed by atoms with E-state index in [1.807, 2.05) is 38.1 Å². The van der Waals surface area contributed by atoms with E-state index >= 15 is 0 Å². The molecule has 0 unspecified atom stereocenters. The number of ether oxygens (including phenoxy) is 2. The fraction of sp³-hybridized carbons (Fsp3) is 0.500. The summed E-state index contributed by atoms with van der Waals surface area (Å²) in [7, 11) is 1.41. The Labute approximate surface area is 107 Å². The molecular formula is C14H19NO3. The summed E-state index contributed by atoms with van der Waals surface area (Å²) >= 11 is 0. The van der Waals surface area contributed by atoms with Crippen LogP contribution in [0.2, 0.25) is 0 Å². The van der Waals surface area contributed by atoms with Gasteiger partial charge in [0, 0.05) is 18.7 Å². The molecule has 1 aliphatic heterocycles. The summed E-state index contributed by atoms with van der Waals surface area (Å²) in [6.45, 7) is 5.74. The molecule has 0 bridgehead atoms. The van der Waals surface area contributed by atoms with Crippen LogP contribution in [0.1, 0.15) is 19.4 Å². The molecule has 1 heterocycles. The number of rotatable bonds is 2. The number of hydrogen-bond donors (Lipinski definition) is 0. The standard InChI is InChI=1S/C14H19NO3/c1-14(2)10-15(9-13(16)17-3)8-11-6-4-5-7-12(11)18-14/h4-7H,8-10H2,1-3H3.